The van der Waals surface area contributed by atoms with Gasteiger partial charge in [-0.3, -0.25) is 0 Å². The number of para-hydroxylation sites is 1. The molecule has 3 aromatic carbocycles. The quantitative estimate of drug-likeness (QED) is 0.359. The summed E-state index contributed by atoms with van der Waals surface area (Å²) in [6.45, 7) is 0.355. The number of nitrogens with one attached hydrogen (secondary N) is 2. The topological polar surface area (TPSA) is 74.4 Å². The van der Waals surface area contributed by atoms with Crippen molar-refractivity contribution in [1.82, 2.24) is 9.88 Å². The molecule has 5 rings (SSSR count). The lowest BCUT2D eigenvalue weighted by Gasteiger charge is -2.36. The van der Waals surface area contributed by atoms with Gasteiger partial charge in [0.1, 0.15) is 11.9 Å². The number of carbonyl (C=O) groups is 2. The van der Waals surface area contributed by atoms with Crippen LogP contribution in [-0.4, -0.2) is 35.5 Å². The van der Waals surface area contributed by atoms with Crippen LogP contribution in [0.4, 0.5) is 14.9 Å². The summed E-state index contributed by atoms with van der Waals surface area (Å²) < 4.78 is 19.8. The van der Waals surface area contributed by atoms with E-state index < -0.39 is 23.9 Å². The number of urea groups is 1. The van der Waals surface area contributed by atoms with E-state index in [0.717, 1.165) is 22.2 Å². The van der Waals surface area contributed by atoms with E-state index in [1.807, 2.05) is 24.3 Å². The SMILES string of the molecule is COC(=O)c1ccc(Cl)cc1NC(=O)N1CCc2c([nH]c3ccccc23)C1c1ccccc1F. The molecule has 1 aliphatic heterocycles. The second-order valence-corrected chi connectivity index (χ2v) is 8.48. The number of aromatic amines is 1. The Balaban J connectivity index is 1.59. The minimum Gasteiger partial charge on any atom is -0.465 e. The van der Waals surface area contributed by atoms with Gasteiger partial charge < -0.3 is 19.9 Å². The molecule has 6 nitrogen and oxygen atoms in total. The van der Waals surface area contributed by atoms with Gasteiger partial charge in [-0.25, -0.2) is 14.0 Å². The average Bonchev–Trinajstić information content (AvgIpc) is 3.22. The molecule has 34 heavy (non-hydrogen) atoms. The third-order valence-electron chi connectivity index (χ3n) is 6.12. The molecule has 4 aromatic rings. The standard InChI is InChI=1S/C26H21ClFN3O3/c1-34-25(32)19-11-10-15(27)14-22(19)30-26(33)31-13-12-17-16-6-3-5-9-21(16)29-23(17)24(31)18-7-2-4-8-20(18)28/h2-11,14,24,29H,12-13H2,1H3,(H,30,33). The van der Waals surface area contributed by atoms with E-state index in [9.17, 15) is 9.59 Å². The Morgan fingerprint density at radius 2 is 1.88 bits per heavy atom. The molecule has 0 radical (unpaired) electrons. The number of hydrogen-bond acceptors (Lipinski definition) is 3. The number of methoxy groups -OCH3 is 1. The molecule has 2 N–H and O–H groups in total. The van der Waals surface area contributed by atoms with Crippen molar-refractivity contribution in [1.29, 1.82) is 0 Å². The fourth-order valence-electron chi connectivity index (χ4n) is 4.57. The summed E-state index contributed by atoms with van der Waals surface area (Å²) in [5.41, 5.74) is 3.53. The van der Waals surface area contributed by atoms with Crippen molar-refractivity contribution in [2.75, 3.05) is 19.0 Å². The van der Waals surface area contributed by atoms with Crippen LogP contribution in [0, 0.1) is 5.82 Å². The van der Waals surface area contributed by atoms with Crippen LogP contribution in [0.5, 0.6) is 0 Å². The van der Waals surface area contributed by atoms with Crippen LogP contribution in [0.2, 0.25) is 5.02 Å². The van der Waals surface area contributed by atoms with Gasteiger partial charge in [0.05, 0.1) is 18.4 Å². The third-order valence-corrected chi connectivity index (χ3v) is 6.36. The summed E-state index contributed by atoms with van der Waals surface area (Å²) in [5, 5.41) is 4.19. The number of nitrogens with zero attached hydrogens (tertiary/aromatic N) is 1. The first-order chi connectivity index (χ1) is 16.5. The monoisotopic (exact) mass is 477 g/mol. The molecule has 0 bridgehead atoms. The zero-order valence-electron chi connectivity index (χ0n) is 18.3. The van der Waals surface area contributed by atoms with E-state index >= 15 is 4.39 Å². The van der Waals surface area contributed by atoms with Crippen molar-refractivity contribution in [2.24, 2.45) is 0 Å². The molecule has 2 amide bonds. The van der Waals surface area contributed by atoms with Crippen molar-refractivity contribution in [3.63, 3.8) is 0 Å². The van der Waals surface area contributed by atoms with Crippen LogP contribution in [0.3, 0.4) is 0 Å². The number of hydrogen-bond donors (Lipinski definition) is 2. The number of esters is 1. The van der Waals surface area contributed by atoms with Crippen LogP contribution < -0.4 is 5.32 Å². The summed E-state index contributed by atoms with van der Waals surface area (Å²) in [5.74, 6) is -1.01. The van der Waals surface area contributed by atoms with Crippen molar-refractivity contribution < 1.29 is 18.7 Å². The fraction of sp³-hybridized carbons (Fsp3) is 0.154. The molecule has 0 saturated heterocycles. The Hall–Kier alpha value is -3.84. The van der Waals surface area contributed by atoms with Gasteiger partial charge in [-0.1, -0.05) is 48.0 Å². The minimum absolute atomic E-state index is 0.172. The fourth-order valence-corrected chi connectivity index (χ4v) is 4.75. The van der Waals surface area contributed by atoms with E-state index in [0.29, 0.717) is 23.6 Å². The maximum atomic E-state index is 15.0. The lowest BCUT2D eigenvalue weighted by Crippen LogP contribution is -2.43. The predicted molar refractivity (Wildman–Crippen MR) is 129 cm³/mol. The van der Waals surface area contributed by atoms with Crippen molar-refractivity contribution in [3.05, 3.63) is 100.0 Å². The lowest BCUT2D eigenvalue weighted by molar-refractivity contribution is 0.0602. The van der Waals surface area contributed by atoms with E-state index in [-0.39, 0.29) is 11.3 Å². The maximum Gasteiger partial charge on any atom is 0.339 e. The Labute approximate surface area is 200 Å². The number of amides is 2. The first kappa shape index (κ1) is 22.0. The van der Waals surface area contributed by atoms with Crippen LogP contribution in [0.1, 0.15) is 33.2 Å². The number of carbonyl (C=O) groups excluding carboxylic acids is 2. The van der Waals surface area contributed by atoms with Crippen LogP contribution >= 0.6 is 11.6 Å². The van der Waals surface area contributed by atoms with Crippen molar-refractivity contribution in [2.45, 2.75) is 12.5 Å². The highest BCUT2D eigenvalue weighted by atomic mass is 35.5. The van der Waals surface area contributed by atoms with Crippen LogP contribution in [0.15, 0.2) is 66.7 Å². The Bertz CT molecular complexity index is 1420. The highest BCUT2D eigenvalue weighted by Crippen LogP contribution is 2.39. The normalized spacial score (nSPS) is 15.1. The number of benzene rings is 3. The maximum absolute atomic E-state index is 15.0. The van der Waals surface area contributed by atoms with Gasteiger partial charge in [0.2, 0.25) is 0 Å². The first-order valence-corrected chi connectivity index (χ1v) is 11.1. The zero-order chi connectivity index (χ0) is 23.8. The van der Waals surface area contributed by atoms with E-state index in [4.69, 9.17) is 16.3 Å². The molecule has 1 aliphatic rings. The number of fused-ring (bicyclic) bond motifs is 3. The molecule has 8 heteroatoms. The summed E-state index contributed by atoms with van der Waals surface area (Å²) >= 11 is 6.12. The summed E-state index contributed by atoms with van der Waals surface area (Å²) in [6.07, 6.45) is 0.594. The Morgan fingerprint density at radius 1 is 1.12 bits per heavy atom. The number of anilines is 1. The molecule has 2 heterocycles. The van der Waals surface area contributed by atoms with Crippen LogP contribution in [-0.2, 0) is 11.2 Å². The molecule has 1 unspecified atom stereocenters. The molecular weight excluding hydrogens is 457 g/mol. The summed E-state index contributed by atoms with van der Waals surface area (Å²) in [7, 11) is 1.26. The highest BCUT2D eigenvalue weighted by molar-refractivity contribution is 6.31. The molecule has 1 aromatic heterocycles. The number of rotatable bonds is 3. The lowest BCUT2D eigenvalue weighted by atomic mass is 9.92. The van der Waals surface area contributed by atoms with Crippen molar-refractivity contribution >= 4 is 40.2 Å². The van der Waals surface area contributed by atoms with Gasteiger partial charge >= 0.3 is 12.0 Å². The number of halogens is 2. The first-order valence-electron chi connectivity index (χ1n) is 10.8. The average molecular weight is 478 g/mol. The number of H-pyrrole nitrogens is 1. The third kappa shape index (κ3) is 3.78. The second-order valence-electron chi connectivity index (χ2n) is 8.04. The zero-order valence-corrected chi connectivity index (χ0v) is 19.0. The number of aromatic nitrogens is 1. The van der Waals surface area contributed by atoms with Gasteiger partial charge in [0.25, 0.3) is 0 Å². The van der Waals surface area contributed by atoms with Gasteiger partial charge in [-0.15, -0.1) is 0 Å². The van der Waals surface area contributed by atoms with E-state index in [2.05, 4.69) is 10.3 Å². The molecule has 0 fully saturated rings. The molecule has 172 valence electrons. The van der Waals surface area contributed by atoms with Crippen molar-refractivity contribution in [3.8, 4) is 0 Å². The van der Waals surface area contributed by atoms with Gasteiger partial charge in [-0.2, -0.15) is 0 Å². The van der Waals surface area contributed by atoms with E-state index in [1.165, 1.54) is 25.3 Å². The Kier molecular flexibility index (Phi) is 5.71. The predicted octanol–water partition coefficient (Wildman–Crippen LogP) is 5.93. The summed E-state index contributed by atoms with van der Waals surface area (Å²) in [4.78, 5) is 30.7. The minimum atomic E-state index is -0.682. The van der Waals surface area contributed by atoms with Crippen LogP contribution in [0.25, 0.3) is 10.9 Å². The molecule has 0 spiro atoms. The summed E-state index contributed by atoms with van der Waals surface area (Å²) in [6, 6.07) is 17.7. The van der Waals surface area contributed by atoms with Gasteiger partial charge in [0.15, 0.2) is 0 Å². The Morgan fingerprint density at radius 3 is 2.68 bits per heavy atom. The molecule has 0 saturated carbocycles. The smallest absolute Gasteiger partial charge is 0.339 e. The highest BCUT2D eigenvalue weighted by Gasteiger charge is 2.36. The largest absolute Gasteiger partial charge is 0.465 e. The number of ether oxygens (including phenoxy) is 1. The van der Waals surface area contributed by atoms with E-state index in [1.54, 1.807) is 29.2 Å². The van der Waals surface area contributed by atoms with Gasteiger partial charge in [-0.05, 0) is 42.3 Å². The molecule has 1 atom stereocenters. The molecular formula is C26H21ClFN3O3. The molecule has 0 aliphatic carbocycles. The second kappa shape index (κ2) is 8.83. The van der Waals surface area contributed by atoms with Gasteiger partial charge in [0, 0.05) is 33.7 Å².